The second kappa shape index (κ2) is 7.05. The summed E-state index contributed by atoms with van der Waals surface area (Å²) in [6.45, 7) is 5.93. The molecule has 108 valence electrons. The van der Waals surface area contributed by atoms with Gasteiger partial charge in [-0.05, 0) is 12.6 Å². The lowest BCUT2D eigenvalue weighted by atomic mass is 10.1. The standard InChI is InChI=1S/C15H21N3O2/c1-4-16-10-11(2)15-17-14(18-20-15)9-12-7-5-6-8-13(12)19-3/h5-8,11,16H,4,9-10H2,1-3H3. The molecule has 0 bridgehead atoms. The number of nitrogens with zero attached hydrogens (tertiary/aromatic N) is 2. The van der Waals surface area contributed by atoms with E-state index in [-0.39, 0.29) is 5.92 Å². The SMILES string of the molecule is CCNCC(C)c1nc(Cc2ccccc2OC)no1. The summed E-state index contributed by atoms with van der Waals surface area (Å²) in [5.74, 6) is 2.43. The van der Waals surface area contributed by atoms with Gasteiger partial charge in [0.15, 0.2) is 5.82 Å². The number of rotatable bonds is 7. The van der Waals surface area contributed by atoms with Crippen molar-refractivity contribution in [1.82, 2.24) is 15.5 Å². The van der Waals surface area contributed by atoms with Crippen LogP contribution < -0.4 is 10.1 Å². The molecule has 0 fully saturated rings. The molecule has 0 saturated carbocycles. The Hall–Kier alpha value is -1.88. The van der Waals surface area contributed by atoms with Crippen molar-refractivity contribution in [2.75, 3.05) is 20.2 Å². The summed E-state index contributed by atoms with van der Waals surface area (Å²) in [5.41, 5.74) is 1.06. The molecule has 0 aliphatic heterocycles. The van der Waals surface area contributed by atoms with E-state index in [1.807, 2.05) is 24.3 Å². The van der Waals surface area contributed by atoms with Gasteiger partial charge in [-0.3, -0.25) is 0 Å². The summed E-state index contributed by atoms with van der Waals surface area (Å²) in [6, 6.07) is 7.87. The Balaban J connectivity index is 2.05. The first-order valence-electron chi connectivity index (χ1n) is 6.89. The molecule has 0 amide bonds. The second-order valence-electron chi connectivity index (χ2n) is 4.75. The van der Waals surface area contributed by atoms with Gasteiger partial charge in [0.25, 0.3) is 0 Å². The number of nitrogens with one attached hydrogen (secondary N) is 1. The summed E-state index contributed by atoms with van der Waals surface area (Å²) in [5, 5.41) is 7.32. The molecule has 1 aromatic heterocycles. The lowest BCUT2D eigenvalue weighted by Gasteiger charge is -2.06. The molecule has 20 heavy (non-hydrogen) atoms. The van der Waals surface area contributed by atoms with Crippen molar-refractivity contribution < 1.29 is 9.26 Å². The zero-order valence-electron chi connectivity index (χ0n) is 12.2. The molecular formula is C15H21N3O2. The van der Waals surface area contributed by atoms with Gasteiger partial charge in [0.2, 0.25) is 5.89 Å². The molecule has 1 aromatic carbocycles. The smallest absolute Gasteiger partial charge is 0.230 e. The number of likely N-dealkylation sites (N-methyl/N-ethyl adjacent to an activating group) is 1. The second-order valence-corrected chi connectivity index (χ2v) is 4.75. The molecule has 0 aliphatic rings. The first kappa shape index (κ1) is 14.5. The molecule has 1 heterocycles. The van der Waals surface area contributed by atoms with E-state index in [2.05, 4.69) is 29.3 Å². The van der Waals surface area contributed by atoms with Gasteiger partial charge in [0, 0.05) is 24.4 Å². The van der Waals surface area contributed by atoms with Crippen LogP contribution in [0.4, 0.5) is 0 Å². The van der Waals surface area contributed by atoms with E-state index in [4.69, 9.17) is 9.26 Å². The average Bonchev–Trinajstić information content (AvgIpc) is 2.94. The van der Waals surface area contributed by atoms with Crippen molar-refractivity contribution in [1.29, 1.82) is 0 Å². The highest BCUT2D eigenvalue weighted by atomic mass is 16.5. The highest BCUT2D eigenvalue weighted by Crippen LogP contribution is 2.20. The van der Waals surface area contributed by atoms with E-state index in [9.17, 15) is 0 Å². The number of aromatic nitrogens is 2. The number of ether oxygens (including phenoxy) is 1. The van der Waals surface area contributed by atoms with Crippen molar-refractivity contribution in [3.8, 4) is 5.75 Å². The van der Waals surface area contributed by atoms with Gasteiger partial charge in [-0.1, -0.05) is 37.2 Å². The maximum atomic E-state index is 5.33. The van der Waals surface area contributed by atoms with E-state index < -0.39 is 0 Å². The minimum absolute atomic E-state index is 0.217. The fourth-order valence-electron chi connectivity index (χ4n) is 2.01. The zero-order chi connectivity index (χ0) is 14.4. The Morgan fingerprint density at radius 1 is 1.35 bits per heavy atom. The van der Waals surface area contributed by atoms with Crippen LogP contribution in [0.3, 0.4) is 0 Å². The minimum Gasteiger partial charge on any atom is -0.496 e. The quantitative estimate of drug-likeness (QED) is 0.840. The number of hydrogen-bond donors (Lipinski definition) is 1. The summed E-state index contributed by atoms with van der Waals surface area (Å²) in [4.78, 5) is 4.46. The molecule has 0 spiro atoms. The van der Waals surface area contributed by atoms with Gasteiger partial charge in [0.1, 0.15) is 5.75 Å². The molecule has 2 aromatic rings. The van der Waals surface area contributed by atoms with E-state index in [1.165, 1.54) is 0 Å². The van der Waals surface area contributed by atoms with Crippen LogP contribution in [0.15, 0.2) is 28.8 Å². The molecule has 5 heteroatoms. The van der Waals surface area contributed by atoms with Gasteiger partial charge in [-0.15, -0.1) is 0 Å². The third-order valence-electron chi connectivity index (χ3n) is 3.15. The maximum absolute atomic E-state index is 5.33. The Bertz CT molecular complexity index is 539. The van der Waals surface area contributed by atoms with Crippen LogP contribution in [0, 0.1) is 0 Å². The van der Waals surface area contributed by atoms with Crippen LogP contribution in [-0.2, 0) is 6.42 Å². The first-order valence-corrected chi connectivity index (χ1v) is 6.89. The van der Waals surface area contributed by atoms with Crippen molar-refractivity contribution >= 4 is 0 Å². The molecule has 2 rings (SSSR count). The normalized spacial score (nSPS) is 12.3. The fraction of sp³-hybridized carbons (Fsp3) is 0.467. The topological polar surface area (TPSA) is 60.2 Å². The Labute approximate surface area is 119 Å². The van der Waals surface area contributed by atoms with Crippen LogP contribution in [0.25, 0.3) is 0 Å². The molecule has 0 aliphatic carbocycles. The van der Waals surface area contributed by atoms with Gasteiger partial charge in [-0.25, -0.2) is 0 Å². The fourth-order valence-corrected chi connectivity index (χ4v) is 2.01. The van der Waals surface area contributed by atoms with Crippen LogP contribution in [-0.4, -0.2) is 30.3 Å². The minimum atomic E-state index is 0.217. The molecule has 5 nitrogen and oxygen atoms in total. The average molecular weight is 275 g/mol. The van der Waals surface area contributed by atoms with Crippen molar-refractivity contribution in [2.24, 2.45) is 0 Å². The van der Waals surface area contributed by atoms with E-state index in [1.54, 1.807) is 7.11 Å². The number of benzene rings is 1. The first-order chi connectivity index (χ1) is 9.74. The summed E-state index contributed by atoms with van der Waals surface area (Å²) >= 11 is 0. The molecule has 0 saturated heterocycles. The summed E-state index contributed by atoms with van der Waals surface area (Å²) in [6.07, 6.45) is 0.613. The van der Waals surface area contributed by atoms with Crippen LogP contribution in [0.2, 0.25) is 0 Å². The van der Waals surface area contributed by atoms with Crippen molar-refractivity contribution in [3.05, 3.63) is 41.5 Å². The van der Waals surface area contributed by atoms with Gasteiger partial charge >= 0.3 is 0 Å². The highest BCUT2D eigenvalue weighted by molar-refractivity contribution is 5.35. The third-order valence-corrected chi connectivity index (χ3v) is 3.15. The van der Waals surface area contributed by atoms with Crippen molar-refractivity contribution in [2.45, 2.75) is 26.2 Å². The summed E-state index contributed by atoms with van der Waals surface area (Å²) < 4.78 is 10.7. The van der Waals surface area contributed by atoms with Crippen LogP contribution >= 0.6 is 0 Å². The molecule has 1 N–H and O–H groups in total. The number of hydrogen-bond acceptors (Lipinski definition) is 5. The molecule has 0 radical (unpaired) electrons. The van der Waals surface area contributed by atoms with E-state index in [0.29, 0.717) is 18.1 Å². The largest absolute Gasteiger partial charge is 0.496 e. The Kier molecular flexibility index (Phi) is 5.12. The zero-order valence-corrected chi connectivity index (χ0v) is 12.2. The molecular weight excluding hydrogens is 254 g/mol. The Morgan fingerprint density at radius 3 is 2.90 bits per heavy atom. The predicted molar refractivity (Wildman–Crippen MR) is 77.1 cm³/mol. The van der Waals surface area contributed by atoms with Crippen LogP contribution in [0.5, 0.6) is 5.75 Å². The highest BCUT2D eigenvalue weighted by Gasteiger charge is 2.15. The third kappa shape index (κ3) is 3.57. The van der Waals surface area contributed by atoms with Gasteiger partial charge in [0.05, 0.1) is 7.11 Å². The van der Waals surface area contributed by atoms with E-state index in [0.717, 1.165) is 24.4 Å². The lowest BCUT2D eigenvalue weighted by molar-refractivity contribution is 0.351. The molecule has 1 atom stereocenters. The van der Waals surface area contributed by atoms with Gasteiger partial charge in [-0.2, -0.15) is 4.98 Å². The number of para-hydroxylation sites is 1. The van der Waals surface area contributed by atoms with Gasteiger partial charge < -0.3 is 14.6 Å². The molecule has 1 unspecified atom stereocenters. The lowest BCUT2D eigenvalue weighted by Crippen LogP contribution is -2.19. The maximum Gasteiger partial charge on any atom is 0.230 e. The summed E-state index contributed by atoms with van der Waals surface area (Å²) in [7, 11) is 1.67. The van der Waals surface area contributed by atoms with Crippen LogP contribution in [0.1, 0.15) is 37.0 Å². The monoisotopic (exact) mass is 275 g/mol. The Morgan fingerprint density at radius 2 is 2.15 bits per heavy atom. The number of methoxy groups -OCH3 is 1. The van der Waals surface area contributed by atoms with Crippen molar-refractivity contribution in [3.63, 3.8) is 0 Å². The van der Waals surface area contributed by atoms with E-state index >= 15 is 0 Å². The predicted octanol–water partition coefficient (Wildman–Crippen LogP) is 2.38.